The van der Waals surface area contributed by atoms with E-state index in [9.17, 15) is 4.79 Å². The second-order valence-corrected chi connectivity index (χ2v) is 5.77. The number of nitrogens with zero attached hydrogens (tertiary/aromatic N) is 2. The second-order valence-electron chi connectivity index (χ2n) is 5.77. The summed E-state index contributed by atoms with van der Waals surface area (Å²) in [5, 5.41) is 7.13. The minimum absolute atomic E-state index is 0. The molecule has 1 heterocycles. The van der Waals surface area contributed by atoms with Crippen LogP contribution in [0.2, 0.25) is 0 Å². The number of aromatic amines is 1. The van der Waals surface area contributed by atoms with Crippen LogP contribution in [0.5, 0.6) is 0 Å². The van der Waals surface area contributed by atoms with E-state index in [0.717, 1.165) is 22.6 Å². The Hall–Kier alpha value is -3.08. The Balaban J connectivity index is 0.000000408. The van der Waals surface area contributed by atoms with Crippen LogP contribution >= 0.6 is 0 Å². The summed E-state index contributed by atoms with van der Waals surface area (Å²) in [4.78, 5) is 13.6. The minimum atomic E-state index is -0.310. The standard InChI is InChI=1S/C17H16N3O2.C5H5.Fe/c1-22-16(21)12-20(14-9-5-6-10-14)17-15(11-18-19-17)13-7-3-2-4-8-13;1-2-4-5-3-1;/h2-11H,12H2,1H3,(H,18,19);1-5H;/q2*-1;+2. The number of carbonyl (C=O) groups is 1. The quantitative estimate of drug-likeness (QED) is 0.296. The largest absolute Gasteiger partial charge is 2.00 e. The zero-order chi connectivity index (χ0) is 18.9. The summed E-state index contributed by atoms with van der Waals surface area (Å²) in [6, 6.07) is 27.7. The van der Waals surface area contributed by atoms with Gasteiger partial charge in [-0.15, -0.1) is 12.1 Å². The van der Waals surface area contributed by atoms with E-state index >= 15 is 0 Å². The Morgan fingerprint density at radius 2 is 1.79 bits per heavy atom. The van der Waals surface area contributed by atoms with Gasteiger partial charge in [-0.3, -0.25) is 4.79 Å². The van der Waals surface area contributed by atoms with E-state index in [-0.39, 0.29) is 29.6 Å². The first-order chi connectivity index (χ1) is 13.3. The number of hydrogen-bond acceptors (Lipinski definition) is 4. The molecular formula is C22H21FeN3O2. The Bertz CT molecular complexity index is 899. The maximum Gasteiger partial charge on any atom is 2.00 e. The number of esters is 1. The third-order valence-corrected chi connectivity index (χ3v) is 4.00. The van der Waals surface area contributed by atoms with Crippen molar-refractivity contribution in [3.63, 3.8) is 0 Å². The molecule has 0 spiro atoms. The van der Waals surface area contributed by atoms with Gasteiger partial charge in [0.2, 0.25) is 0 Å². The Kier molecular flexibility index (Phi) is 8.28. The molecule has 0 fully saturated rings. The van der Waals surface area contributed by atoms with Crippen molar-refractivity contribution in [1.82, 2.24) is 10.2 Å². The normalized spacial score (nSPS) is 9.61. The van der Waals surface area contributed by atoms with Gasteiger partial charge in [0, 0.05) is 11.8 Å². The number of rotatable bonds is 5. The van der Waals surface area contributed by atoms with E-state index in [1.54, 1.807) is 6.20 Å². The summed E-state index contributed by atoms with van der Waals surface area (Å²) in [5.74, 6) is 0.456. The van der Waals surface area contributed by atoms with Crippen molar-refractivity contribution in [2.24, 2.45) is 0 Å². The molecule has 0 unspecified atom stereocenters. The van der Waals surface area contributed by atoms with Crippen molar-refractivity contribution in [2.75, 3.05) is 18.6 Å². The number of methoxy groups -OCH3 is 1. The van der Waals surface area contributed by atoms with Crippen molar-refractivity contribution in [3.8, 4) is 11.1 Å². The molecule has 0 aliphatic rings. The van der Waals surface area contributed by atoms with E-state index in [0.29, 0.717) is 0 Å². The fourth-order valence-corrected chi connectivity index (χ4v) is 2.67. The van der Waals surface area contributed by atoms with Crippen LogP contribution in [0, 0.1) is 0 Å². The number of anilines is 2. The summed E-state index contributed by atoms with van der Waals surface area (Å²) in [6.45, 7) is 0.114. The van der Waals surface area contributed by atoms with Crippen molar-refractivity contribution in [3.05, 3.63) is 91.1 Å². The van der Waals surface area contributed by atoms with Gasteiger partial charge in [-0.2, -0.15) is 35.4 Å². The van der Waals surface area contributed by atoms with Crippen LogP contribution in [-0.4, -0.2) is 29.8 Å². The predicted molar refractivity (Wildman–Crippen MR) is 107 cm³/mol. The zero-order valence-corrected chi connectivity index (χ0v) is 16.5. The Labute approximate surface area is 175 Å². The van der Waals surface area contributed by atoms with Gasteiger partial charge < -0.3 is 14.7 Å². The number of ether oxygens (including phenoxy) is 1. The van der Waals surface area contributed by atoms with Crippen molar-refractivity contribution in [2.45, 2.75) is 0 Å². The molecule has 1 aromatic heterocycles. The van der Waals surface area contributed by atoms with Gasteiger partial charge in [0.1, 0.15) is 6.54 Å². The van der Waals surface area contributed by atoms with Crippen LogP contribution in [0.15, 0.2) is 91.1 Å². The summed E-state index contributed by atoms with van der Waals surface area (Å²) >= 11 is 0. The van der Waals surface area contributed by atoms with Crippen LogP contribution in [0.25, 0.3) is 11.1 Å². The molecule has 0 bridgehead atoms. The average Bonchev–Trinajstić information content (AvgIpc) is 3.50. The molecule has 4 rings (SSSR count). The number of carbonyl (C=O) groups excluding carboxylic acids is 1. The van der Waals surface area contributed by atoms with Gasteiger partial charge in [0.05, 0.1) is 12.9 Å². The molecule has 0 amide bonds. The van der Waals surface area contributed by atoms with Crippen LogP contribution in [0.1, 0.15) is 0 Å². The molecule has 0 saturated heterocycles. The second kappa shape index (κ2) is 10.9. The Morgan fingerprint density at radius 3 is 2.36 bits per heavy atom. The van der Waals surface area contributed by atoms with Gasteiger partial charge in [-0.1, -0.05) is 30.3 Å². The first-order valence-electron chi connectivity index (χ1n) is 8.61. The number of benzene rings is 1. The smallest absolute Gasteiger partial charge is 0.468 e. The van der Waals surface area contributed by atoms with Crippen LogP contribution in [0.4, 0.5) is 11.5 Å². The SMILES string of the molecule is COC(=O)CN(c1[nH]ncc1-c1ccccc1)[c-]1cccc1.[Fe+2].c1cc[cH-]c1. The van der Waals surface area contributed by atoms with Gasteiger partial charge in [-0.05, 0) is 11.3 Å². The molecule has 0 radical (unpaired) electrons. The number of H-pyrrole nitrogens is 1. The molecule has 0 saturated carbocycles. The topological polar surface area (TPSA) is 58.2 Å². The maximum absolute atomic E-state index is 11.8. The van der Waals surface area contributed by atoms with E-state index in [2.05, 4.69) is 10.2 Å². The molecule has 28 heavy (non-hydrogen) atoms. The summed E-state index contributed by atoms with van der Waals surface area (Å²) < 4.78 is 4.81. The van der Waals surface area contributed by atoms with Crippen LogP contribution in [-0.2, 0) is 26.6 Å². The molecule has 5 nitrogen and oxygen atoms in total. The summed E-state index contributed by atoms with van der Waals surface area (Å²) in [6.07, 6.45) is 1.76. The number of hydrogen-bond donors (Lipinski definition) is 1. The van der Waals surface area contributed by atoms with Gasteiger partial charge in [-0.25, -0.2) is 12.1 Å². The molecule has 144 valence electrons. The molecule has 3 aromatic carbocycles. The van der Waals surface area contributed by atoms with E-state index in [1.807, 2.05) is 89.8 Å². The molecule has 0 aliphatic carbocycles. The number of aromatic nitrogens is 2. The molecule has 1 N–H and O–H groups in total. The summed E-state index contributed by atoms with van der Waals surface area (Å²) in [7, 11) is 1.39. The van der Waals surface area contributed by atoms with Crippen molar-refractivity contribution in [1.29, 1.82) is 0 Å². The monoisotopic (exact) mass is 415 g/mol. The fourth-order valence-electron chi connectivity index (χ4n) is 2.67. The van der Waals surface area contributed by atoms with Gasteiger partial charge in [0.15, 0.2) is 0 Å². The molecular weight excluding hydrogens is 394 g/mol. The van der Waals surface area contributed by atoms with Gasteiger partial charge >= 0.3 is 23.0 Å². The van der Waals surface area contributed by atoms with Gasteiger partial charge in [0.25, 0.3) is 0 Å². The van der Waals surface area contributed by atoms with Crippen molar-refractivity contribution < 1.29 is 26.6 Å². The molecule has 6 heteroatoms. The van der Waals surface area contributed by atoms with E-state index in [1.165, 1.54) is 7.11 Å². The predicted octanol–water partition coefficient (Wildman–Crippen LogP) is 4.51. The first kappa shape index (κ1) is 21.2. The zero-order valence-electron chi connectivity index (χ0n) is 15.4. The molecule has 0 atom stereocenters. The Morgan fingerprint density at radius 1 is 1.11 bits per heavy atom. The third kappa shape index (κ3) is 5.46. The van der Waals surface area contributed by atoms with E-state index in [4.69, 9.17) is 4.74 Å². The molecule has 4 aromatic rings. The van der Waals surface area contributed by atoms with Crippen LogP contribution < -0.4 is 4.90 Å². The minimum Gasteiger partial charge on any atom is -0.468 e. The van der Waals surface area contributed by atoms with Crippen molar-refractivity contribution >= 4 is 17.5 Å². The number of nitrogens with one attached hydrogen (secondary N) is 1. The van der Waals surface area contributed by atoms with Crippen LogP contribution in [0.3, 0.4) is 0 Å². The third-order valence-electron chi connectivity index (χ3n) is 4.00. The average molecular weight is 415 g/mol. The fraction of sp³-hybridized carbons (Fsp3) is 0.0909. The summed E-state index contributed by atoms with van der Waals surface area (Å²) in [5.41, 5.74) is 2.88. The van der Waals surface area contributed by atoms with E-state index < -0.39 is 0 Å². The maximum atomic E-state index is 11.8. The first-order valence-corrected chi connectivity index (χ1v) is 8.61. The molecule has 0 aliphatic heterocycles.